The van der Waals surface area contributed by atoms with Crippen LogP contribution < -0.4 is 0 Å². The van der Waals surface area contributed by atoms with Crippen molar-refractivity contribution in [2.45, 2.75) is 33.2 Å². The molecule has 1 fully saturated rings. The van der Waals surface area contributed by atoms with Crippen molar-refractivity contribution < 1.29 is 14.3 Å². The van der Waals surface area contributed by atoms with E-state index in [9.17, 15) is 9.59 Å². The van der Waals surface area contributed by atoms with E-state index in [1.54, 1.807) is 23.6 Å². The molecular formula is C12H21NO3S. The van der Waals surface area contributed by atoms with Crippen LogP contribution in [0.2, 0.25) is 0 Å². The van der Waals surface area contributed by atoms with E-state index in [1.807, 2.05) is 13.8 Å². The highest BCUT2D eigenvalue weighted by molar-refractivity contribution is 7.99. The summed E-state index contributed by atoms with van der Waals surface area (Å²) in [6.07, 6.45) is 0.926. The van der Waals surface area contributed by atoms with E-state index in [0.717, 1.165) is 17.9 Å². The maximum Gasteiger partial charge on any atom is 0.325 e. The average Bonchev–Trinajstić information content (AvgIpc) is 2.78. The van der Waals surface area contributed by atoms with Crippen LogP contribution in [0.1, 0.15) is 27.2 Å². The van der Waals surface area contributed by atoms with E-state index in [-0.39, 0.29) is 30.4 Å². The summed E-state index contributed by atoms with van der Waals surface area (Å²) < 4.78 is 4.90. The zero-order chi connectivity index (χ0) is 12.8. The monoisotopic (exact) mass is 259 g/mol. The Labute approximate surface area is 107 Å². The fraction of sp³-hybridized carbons (Fsp3) is 0.833. The molecule has 0 saturated carbocycles. The van der Waals surface area contributed by atoms with E-state index in [0.29, 0.717) is 6.61 Å². The highest BCUT2D eigenvalue weighted by Crippen LogP contribution is 2.25. The first-order valence-corrected chi connectivity index (χ1v) is 7.25. The van der Waals surface area contributed by atoms with Gasteiger partial charge in [-0.25, -0.2) is 0 Å². The normalized spacial score (nSPS) is 19.4. The van der Waals surface area contributed by atoms with Crippen LogP contribution in [0.3, 0.4) is 0 Å². The molecule has 1 unspecified atom stereocenters. The van der Waals surface area contributed by atoms with Gasteiger partial charge in [0.05, 0.1) is 6.61 Å². The van der Waals surface area contributed by atoms with Crippen molar-refractivity contribution in [1.82, 2.24) is 4.90 Å². The van der Waals surface area contributed by atoms with Crippen molar-refractivity contribution in [3.8, 4) is 0 Å². The third-order valence-electron chi connectivity index (χ3n) is 2.79. The first-order valence-electron chi connectivity index (χ1n) is 6.10. The zero-order valence-electron chi connectivity index (χ0n) is 10.8. The molecule has 1 atom stereocenters. The Morgan fingerprint density at radius 1 is 1.47 bits per heavy atom. The molecule has 0 aliphatic carbocycles. The lowest BCUT2D eigenvalue weighted by molar-refractivity contribution is -0.151. The lowest BCUT2D eigenvalue weighted by Gasteiger charge is -2.28. The van der Waals surface area contributed by atoms with E-state index in [1.165, 1.54) is 0 Å². The number of carbonyl (C=O) groups excluding carboxylic acids is 2. The number of hydrogen-bond donors (Lipinski definition) is 0. The molecule has 0 spiro atoms. The summed E-state index contributed by atoms with van der Waals surface area (Å²) in [6.45, 7) is 6.06. The van der Waals surface area contributed by atoms with Crippen LogP contribution in [-0.2, 0) is 14.3 Å². The van der Waals surface area contributed by atoms with Crippen LogP contribution in [0.15, 0.2) is 0 Å². The molecule has 0 bridgehead atoms. The van der Waals surface area contributed by atoms with Gasteiger partial charge in [0, 0.05) is 17.7 Å². The summed E-state index contributed by atoms with van der Waals surface area (Å²) >= 11 is 1.81. The maximum atomic E-state index is 12.2. The summed E-state index contributed by atoms with van der Waals surface area (Å²) in [5, 5.41) is 0. The third-order valence-corrected chi connectivity index (χ3v) is 3.95. The summed E-state index contributed by atoms with van der Waals surface area (Å²) in [5.41, 5.74) is 0. The Balaban J connectivity index is 2.58. The van der Waals surface area contributed by atoms with Crippen molar-refractivity contribution in [2.75, 3.05) is 24.7 Å². The van der Waals surface area contributed by atoms with Gasteiger partial charge in [-0.2, -0.15) is 11.8 Å². The number of nitrogens with zero attached hydrogens (tertiary/aromatic N) is 1. The van der Waals surface area contributed by atoms with Crippen molar-refractivity contribution in [3.05, 3.63) is 0 Å². The second-order valence-electron chi connectivity index (χ2n) is 4.43. The first kappa shape index (κ1) is 14.4. The van der Waals surface area contributed by atoms with Gasteiger partial charge >= 0.3 is 5.97 Å². The van der Waals surface area contributed by atoms with Gasteiger partial charge in [0.1, 0.15) is 6.54 Å². The third kappa shape index (κ3) is 4.22. The van der Waals surface area contributed by atoms with Crippen LogP contribution >= 0.6 is 11.8 Å². The minimum atomic E-state index is -0.319. The number of thioether (sulfide) groups is 1. The maximum absolute atomic E-state index is 12.2. The van der Waals surface area contributed by atoms with E-state index in [4.69, 9.17) is 4.74 Å². The Morgan fingerprint density at radius 2 is 2.18 bits per heavy atom. The quantitative estimate of drug-likeness (QED) is 0.703. The summed E-state index contributed by atoms with van der Waals surface area (Å²) in [6, 6.07) is 0.0394. The Bertz CT molecular complexity index is 275. The number of hydrogen-bond acceptors (Lipinski definition) is 4. The van der Waals surface area contributed by atoms with Crippen LogP contribution in [0, 0.1) is 5.92 Å². The minimum Gasteiger partial charge on any atom is -0.465 e. The predicted molar refractivity (Wildman–Crippen MR) is 68.9 cm³/mol. The molecule has 0 aromatic heterocycles. The molecule has 1 aliphatic heterocycles. The number of rotatable bonds is 5. The first-order chi connectivity index (χ1) is 8.06. The lowest BCUT2D eigenvalue weighted by atomic mass is 10.1. The zero-order valence-corrected chi connectivity index (χ0v) is 11.6. The standard InChI is InChI=1S/C12H21NO3S/c1-4-16-11(14)7-13(9(2)3)12(15)10-5-6-17-8-10/h9-10H,4-8H2,1-3H3. The minimum absolute atomic E-state index is 0.0394. The fourth-order valence-electron chi connectivity index (χ4n) is 1.82. The van der Waals surface area contributed by atoms with Crippen LogP contribution in [0.4, 0.5) is 0 Å². The number of esters is 1. The van der Waals surface area contributed by atoms with Crippen molar-refractivity contribution >= 4 is 23.6 Å². The molecule has 1 heterocycles. The molecule has 0 aromatic rings. The summed E-state index contributed by atoms with van der Waals surface area (Å²) in [4.78, 5) is 25.3. The van der Waals surface area contributed by atoms with Gasteiger partial charge in [-0.05, 0) is 32.9 Å². The molecule has 4 nitrogen and oxygen atoms in total. The van der Waals surface area contributed by atoms with Crippen LogP contribution in [0.5, 0.6) is 0 Å². The van der Waals surface area contributed by atoms with Crippen LogP contribution in [-0.4, -0.2) is 47.5 Å². The highest BCUT2D eigenvalue weighted by Gasteiger charge is 2.30. The number of amides is 1. The molecule has 5 heteroatoms. The number of carbonyl (C=O) groups is 2. The molecule has 1 amide bonds. The molecule has 0 aromatic carbocycles. The second-order valence-corrected chi connectivity index (χ2v) is 5.58. The molecule has 0 radical (unpaired) electrons. The van der Waals surface area contributed by atoms with Crippen molar-refractivity contribution in [1.29, 1.82) is 0 Å². The summed E-state index contributed by atoms with van der Waals surface area (Å²) in [7, 11) is 0. The topological polar surface area (TPSA) is 46.6 Å². The molecule has 1 aliphatic rings. The smallest absolute Gasteiger partial charge is 0.325 e. The lowest BCUT2D eigenvalue weighted by Crippen LogP contribution is -2.44. The molecule has 17 heavy (non-hydrogen) atoms. The van der Waals surface area contributed by atoms with Gasteiger partial charge < -0.3 is 9.64 Å². The van der Waals surface area contributed by atoms with Crippen molar-refractivity contribution in [3.63, 3.8) is 0 Å². The van der Waals surface area contributed by atoms with E-state index in [2.05, 4.69) is 0 Å². The van der Waals surface area contributed by atoms with Gasteiger partial charge in [0.15, 0.2) is 0 Å². The number of ether oxygens (including phenoxy) is 1. The van der Waals surface area contributed by atoms with Crippen molar-refractivity contribution in [2.24, 2.45) is 5.92 Å². The van der Waals surface area contributed by atoms with Gasteiger partial charge in [0.25, 0.3) is 0 Å². The SMILES string of the molecule is CCOC(=O)CN(C(=O)C1CCSC1)C(C)C. The average molecular weight is 259 g/mol. The Kier molecular flexibility index (Phi) is 5.82. The highest BCUT2D eigenvalue weighted by atomic mass is 32.2. The van der Waals surface area contributed by atoms with Gasteiger partial charge in [-0.15, -0.1) is 0 Å². The predicted octanol–water partition coefficient (Wildman–Crippen LogP) is 1.54. The molecule has 98 valence electrons. The largest absolute Gasteiger partial charge is 0.465 e. The molecule has 0 N–H and O–H groups in total. The molecular weight excluding hydrogens is 238 g/mol. The van der Waals surface area contributed by atoms with Gasteiger partial charge in [-0.1, -0.05) is 0 Å². The Morgan fingerprint density at radius 3 is 2.65 bits per heavy atom. The molecule has 1 saturated heterocycles. The molecule has 1 rings (SSSR count). The van der Waals surface area contributed by atoms with Gasteiger partial charge in [-0.3, -0.25) is 9.59 Å². The van der Waals surface area contributed by atoms with Gasteiger partial charge in [0.2, 0.25) is 5.91 Å². The van der Waals surface area contributed by atoms with E-state index >= 15 is 0 Å². The second kappa shape index (κ2) is 6.89. The summed E-state index contributed by atoms with van der Waals surface area (Å²) in [5.74, 6) is 1.78. The fourth-order valence-corrected chi connectivity index (χ4v) is 3.04. The Hall–Kier alpha value is -0.710. The van der Waals surface area contributed by atoms with E-state index < -0.39 is 0 Å². The van der Waals surface area contributed by atoms with Crippen LogP contribution in [0.25, 0.3) is 0 Å².